The summed E-state index contributed by atoms with van der Waals surface area (Å²) in [7, 11) is 0. The average Bonchev–Trinajstić information content (AvgIpc) is 4.01. The van der Waals surface area contributed by atoms with Crippen molar-refractivity contribution in [2.75, 3.05) is 9.80 Å². The molecule has 0 radical (unpaired) electrons. The molecule has 0 aliphatic carbocycles. The number of hydrogen-bond donors (Lipinski definition) is 0. The van der Waals surface area contributed by atoms with Crippen LogP contribution in [-0.4, -0.2) is 9.55 Å². The Morgan fingerprint density at radius 2 is 1.22 bits per heavy atom. The number of pyridine rings is 1. The van der Waals surface area contributed by atoms with Gasteiger partial charge in [0.1, 0.15) is 5.82 Å². The summed E-state index contributed by atoms with van der Waals surface area (Å²) in [6.07, 6.45) is 1.93. The third-order valence-electron chi connectivity index (χ3n) is 12.4. The van der Waals surface area contributed by atoms with Crippen molar-refractivity contribution in [2.45, 2.75) is 78.6 Å². The van der Waals surface area contributed by atoms with Crippen LogP contribution in [0.4, 0.5) is 22.1 Å². The Balaban J connectivity index is 0.00000484. The van der Waals surface area contributed by atoms with Gasteiger partial charge in [-0.15, -0.1) is 70.7 Å². The number of ether oxygens (including phenoxy) is 1. The molecule has 0 spiro atoms. The van der Waals surface area contributed by atoms with Crippen LogP contribution in [-0.2, 0) is 37.3 Å². The van der Waals surface area contributed by atoms with Gasteiger partial charge in [0.05, 0.1) is 16.2 Å². The van der Waals surface area contributed by atoms with E-state index in [0.717, 1.165) is 44.7 Å². The fraction of sp³-hybridized carbons (Fsp3) is 0.214. The molecule has 11 rings (SSSR count). The minimum atomic E-state index is -0.0502. The van der Waals surface area contributed by atoms with Gasteiger partial charge in [-0.25, -0.2) is 4.98 Å². The largest absolute Gasteiger partial charge is 0.509 e. The smallest absolute Gasteiger partial charge is 0.135 e. The van der Waals surface area contributed by atoms with Gasteiger partial charge in [0.2, 0.25) is 0 Å². The second kappa shape index (κ2) is 15.3. The summed E-state index contributed by atoms with van der Waals surface area (Å²) in [4.78, 5) is 9.66. The number of hydrogen-bond acceptors (Lipinski definition) is 6. The van der Waals surface area contributed by atoms with Gasteiger partial charge in [0, 0.05) is 74.7 Å². The monoisotopic (exact) mass is 1050 g/mol. The number of anilines is 4. The number of benzene rings is 6. The summed E-state index contributed by atoms with van der Waals surface area (Å²) in [6.45, 7) is 22.7. The van der Waals surface area contributed by atoms with Crippen LogP contribution < -0.4 is 14.5 Å². The van der Waals surface area contributed by atoms with Crippen LogP contribution in [0.3, 0.4) is 0 Å². The van der Waals surface area contributed by atoms with E-state index in [1.54, 1.807) is 0 Å². The van der Waals surface area contributed by atoms with Gasteiger partial charge in [-0.3, -0.25) is 0 Å². The predicted molar refractivity (Wildman–Crippen MR) is 269 cm³/mol. The quantitative estimate of drug-likeness (QED) is 0.161. The third-order valence-corrected chi connectivity index (χ3v) is 14.7. The second-order valence-electron chi connectivity index (χ2n) is 19.9. The minimum Gasteiger partial charge on any atom is -0.509 e. The zero-order valence-corrected chi connectivity index (χ0v) is 41.4. The molecule has 10 aromatic rings. The van der Waals surface area contributed by atoms with Crippen LogP contribution in [0.1, 0.15) is 79.0 Å². The Morgan fingerprint density at radius 1 is 0.562 bits per heavy atom. The zero-order chi connectivity index (χ0) is 43.6. The van der Waals surface area contributed by atoms with Crippen LogP contribution in [0.15, 0.2) is 128 Å². The third kappa shape index (κ3) is 7.12. The zero-order valence-electron chi connectivity index (χ0n) is 37.5. The fourth-order valence-electron chi connectivity index (χ4n) is 8.89. The van der Waals surface area contributed by atoms with E-state index < -0.39 is 0 Å². The molecule has 0 N–H and O–H groups in total. The van der Waals surface area contributed by atoms with Gasteiger partial charge in [-0.05, 0) is 80.8 Å². The molecule has 0 atom stereocenters. The summed E-state index contributed by atoms with van der Waals surface area (Å²) in [6, 6.07) is 51.1. The standard InChI is InChI=1S/C56H49N4OS2.Pt/c1-54(2,3)34-25-26-57-49(30-34)60-45-32-40(21-22-41(45)42-23-24-48-50(51(42)60)43-17-10-12-19-46(43)62-48)61-39-16-14-15-37(31-39)58-33-59(53-52(58)44-18-11-13-20-47(44)63-53)38-28-35(55(4,5)6)27-36(29-38)56(7,8)9;/h10-30,33H,1-9H3;/q-3;. The molecular formula is C56H49N4OPtS2-3. The van der Waals surface area contributed by atoms with Gasteiger partial charge in [0.15, 0.2) is 0 Å². The van der Waals surface area contributed by atoms with E-state index in [9.17, 15) is 0 Å². The molecule has 4 aromatic heterocycles. The number of fused-ring (bicyclic) bond motifs is 10. The predicted octanol–water partition coefficient (Wildman–Crippen LogP) is 16.5. The molecule has 8 heteroatoms. The molecular weight excluding hydrogens is 1000 g/mol. The molecule has 0 saturated carbocycles. The number of nitrogens with zero attached hydrogens (tertiary/aromatic N) is 4. The summed E-state index contributed by atoms with van der Waals surface area (Å²) < 4.78 is 12.8. The average molecular weight is 1050 g/mol. The first-order chi connectivity index (χ1) is 30.1. The summed E-state index contributed by atoms with van der Waals surface area (Å²) >= 11 is 3.65. The van der Waals surface area contributed by atoms with Crippen LogP contribution in [0.5, 0.6) is 11.5 Å². The summed E-state index contributed by atoms with van der Waals surface area (Å²) in [5, 5.41) is 7.14. The van der Waals surface area contributed by atoms with Gasteiger partial charge in [-0.1, -0.05) is 116 Å². The summed E-state index contributed by atoms with van der Waals surface area (Å²) in [5.41, 5.74) is 9.05. The second-order valence-corrected chi connectivity index (χ2v) is 22.0. The first-order valence-electron chi connectivity index (χ1n) is 21.7. The molecule has 6 aromatic carbocycles. The van der Waals surface area contributed by atoms with Gasteiger partial charge >= 0.3 is 0 Å². The van der Waals surface area contributed by atoms with E-state index in [1.807, 2.05) is 41.0 Å². The Morgan fingerprint density at radius 3 is 1.94 bits per heavy atom. The molecule has 0 amide bonds. The van der Waals surface area contributed by atoms with Crippen LogP contribution >= 0.6 is 22.7 Å². The van der Waals surface area contributed by atoms with Gasteiger partial charge in [-0.2, -0.15) is 12.1 Å². The Hall–Kier alpha value is -5.46. The maximum atomic E-state index is 6.77. The van der Waals surface area contributed by atoms with Crippen LogP contribution in [0, 0.1) is 18.8 Å². The van der Waals surface area contributed by atoms with E-state index >= 15 is 0 Å². The number of rotatable bonds is 5. The van der Waals surface area contributed by atoms with Crippen molar-refractivity contribution < 1.29 is 25.8 Å². The summed E-state index contributed by atoms with van der Waals surface area (Å²) in [5.74, 6) is 2.09. The van der Waals surface area contributed by atoms with E-state index in [-0.39, 0.29) is 37.3 Å². The maximum Gasteiger partial charge on any atom is 0.135 e. The van der Waals surface area contributed by atoms with Crippen molar-refractivity contribution >= 4 is 96.8 Å². The van der Waals surface area contributed by atoms with Crippen molar-refractivity contribution in [3.8, 4) is 17.3 Å². The minimum absolute atomic E-state index is 0. The molecule has 0 saturated heterocycles. The molecule has 1 aliphatic rings. The van der Waals surface area contributed by atoms with E-state index in [1.165, 1.54) is 51.9 Å². The molecule has 0 fully saturated rings. The fourth-order valence-corrected chi connectivity index (χ4v) is 11.2. The Bertz CT molecular complexity index is 3410. The molecule has 0 bridgehead atoms. The Labute approximate surface area is 398 Å². The normalized spacial score (nSPS) is 13.5. The molecule has 64 heavy (non-hydrogen) atoms. The molecule has 1 aliphatic heterocycles. The maximum absolute atomic E-state index is 6.77. The van der Waals surface area contributed by atoms with Crippen LogP contribution in [0.25, 0.3) is 57.9 Å². The molecule has 5 nitrogen and oxygen atoms in total. The van der Waals surface area contributed by atoms with E-state index in [2.05, 4.69) is 205 Å². The molecule has 324 valence electrons. The van der Waals surface area contributed by atoms with Crippen molar-refractivity contribution in [2.24, 2.45) is 0 Å². The van der Waals surface area contributed by atoms with E-state index in [4.69, 9.17) is 9.72 Å². The van der Waals surface area contributed by atoms with Crippen molar-refractivity contribution in [1.82, 2.24) is 9.55 Å². The Kier molecular flexibility index (Phi) is 10.2. The molecule has 5 heterocycles. The van der Waals surface area contributed by atoms with Gasteiger partial charge in [0.25, 0.3) is 0 Å². The molecule has 0 unspecified atom stereocenters. The van der Waals surface area contributed by atoms with E-state index in [0.29, 0.717) is 11.5 Å². The van der Waals surface area contributed by atoms with Crippen LogP contribution in [0.2, 0.25) is 0 Å². The van der Waals surface area contributed by atoms with Crippen molar-refractivity contribution in [3.05, 3.63) is 163 Å². The topological polar surface area (TPSA) is 33.5 Å². The van der Waals surface area contributed by atoms with Crippen molar-refractivity contribution in [1.29, 1.82) is 0 Å². The number of thiophene rings is 2. The SMILES string of the molecule is CC(C)(C)c1cc(N2[CH-]N(c3[c-]c(Oc4[c-]c5c(cc4)c4ccc6sc7ccccc7c6c4n5-c4cc(C(C)(C)C)ccn4)ccc3)c3c2sc2ccccc32)cc(C(C)(C)C)c1.[Pt]. The van der Waals surface area contributed by atoms with Crippen molar-refractivity contribution in [3.63, 3.8) is 0 Å². The first-order valence-corrected chi connectivity index (χ1v) is 23.3. The van der Waals surface area contributed by atoms with Gasteiger partial charge < -0.3 is 19.1 Å². The number of aromatic nitrogens is 2. The first kappa shape index (κ1) is 42.5.